The highest BCUT2D eigenvalue weighted by atomic mass is 16.5. The molecule has 25 heavy (non-hydrogen) atoms. The highest BCUT2D eigenvalue weighted by molar-refractivity contribution is 6.20. The van der Waals surface area contributed by atoms with Crippen molar-refractivity contribution in [3.63, 3.8) is 0 Å². The third-order valence-corrected chi connectivity index (χ3v) is 3.83. The minimum atomic E-state index is -0.614. The molecule has 2 aromatic heterocycles. The van der Waals surface area contributed by atoms with Crippen LogP contribution in [-0.4, -0.2) is 43.0 Å². The summed E-state index contributed by atoms with van der Waals surface area (Å²) in [5.74, 6) is 0.127. The molecule has 0 saturated heterocycles. The largest absolute Gasteiger partial charge is 0.495 e. The van der Waals surface area contributed by atoms with E-state index in [9.17, 15) is 9.59 Å². The van der Waals surface area contributed by atoms with Crippen molar-refractivity contribution in [1.82, 2.24) is 9.97 Å². The Morgan fingerprint density at radius 2 is 1.80 bits per heavy atom. The molecule has 7 heteroatoms. The minimum Gasteiger partial charge on any atom is -0.495 e. The van der Waals surface area contributed by atoms with Crippen molar-refractivity contribution < 1.29 is 23.8 Å². The van der Waals surface area contributed by atoms with E-state index in [2.05, 4.69) is 14.7 Å². The van der Waals surface area contributed by atoms with Gasteiger partial charge < -0.3 is 19.2 Å². The molecule has 0 radical (unpaired) electrons. The highest BCUT2D eigenvalue weighted by Crippen LogP contribution is 2.37. The molecule has 0 aliphatic heterocycles. The van der Waals surface area contributed by atoms with Crippen LogP contribution in [0.5, 0.6) is 11.5 Å². The van der Waals surface area contributed by atoms with E-state index >= 15 is 0 Å². The fourth-order valence-corrected chi connectivity index (χ4v) is 2.68. The molecule has 1 aromatic carbocycles. The van der Waals surface area contributed by atoms with Gasteiger partial charge in [-0.1, -0.05) is 12.1 Å². The molecule has 7 nitrogen and oxygen atoms in total. The monoisotopic (exact) mass is 340 g/mol. The lowest BCUT2D eigenvalue weighted by Gasteiger charge is -2.04. The number of para-hydroxylation sites is 1. The molecule has 0 aliphatic rings. The first-order valence-electron chi connectivity index (χ1n) is 7.42. The molecule has 1 N–H and O–H groups in total. The number of ketones is 1. The molecule has 0 atom stereocenters. The van der Waals surface area contributed by atoms with Crippen LogP contribution in [0.4, 0.5) is 0 Å². The average molecular weight is 340 g/mol. The van der Waals surface area contributed by atoms with E-state index < -0.39 is 11.8 Å². The zero-order valence-electron chi connectivity index (χ0n) is 14.0. The van der Waals surface area contributed by atoms with Gasteiger partial charge in [0.2, 0.25) is 5.78 Å². The van der Waals surface area contributed by atoms with Gasteiger partial charge in [0.1, 0.15) is 17.2 Å². The molecule has 0 unspecified atom stereocenters. The molecule has 0 fully saturated rings. The summed E-state index contributed by atoms with van der Waals surface area (Å²) < 4.78 is 15.3. The molecule has 3 aromatic rings. The smallest absolute Gasteiger partial charge is 0.330 e. The summed E-state index contributed by atoms with van der Waals surface area (Å²) in [6.45, 7) is 0. The van der Waals surface area contributed by atoms with Crippen LogP contribution in [-0.2, 0) is 9.53 Å². The molecule has 3 rings (SSSR count). The molecule has 0 aliphatic carbocycles. The predicted molar refractivity (Wildman–Crippen MR) is 92.2 cm³/mol. The molecular formula is C18H16N2O5. The number of esters is 1. The van der Waals surface area contributed by atoms with Crippen LogP contribution in [0.15, 0.2) is 36.5 Å². The molecule has 2 heterocycles. The third kappa shape index (κ3) is 2.80. The van der Waals surface area contributed by atoms with E-state index in [1.165, 1.54) is 20.4 Å². The van der Waals surface area contributed by atoms with E-state index in [-0.39, 0.29) is 5.69 Å². The van der Waals surface area contributed by atoms with Crippen molar-refractivity contribution in [3.05, 3.63) is 42.2 Å². The number of H-pyrrole nitrogens is 1. The van der Waals surface area contributed by atoms with E-state index in [1.807, 2.05) is 18.2 Å². The molecule has 128 valence electrons. The van der Waals surface area contributed by atoms with E-state index in [4.69, 9.17) is 9.47 Å². The molecule has 0 amide bonds. The first kappa shape index (κ1) is 16.5. The van der Waals surface area contributed by atoms with Gasteiger partial charge in [-0.15, -0.1) is 0 Å². The number of nitrogens with zero attached hydrogens (tertiary/aromatic N) is 1. The van der Waals surface area contributed by atoms with E-state index in [1.54, 1.807) is 7.11 Å². The summed E-state index contributed by atoms with van der Waals surface area (Å²) in [5.41, 5.74) is 1.42. The summed E-state index contributed by atoms with van der Waals surface area (Å²) in [6, 6.07) is 5.57. The van der Waals surface area contributed by atoms with Crippen LogP contribution in [0.2, 0.25) is 0 Å². The summed E-state index contributed by atoms with van der Waals surface area (Å²) in [7, 11) is 4.35. The standard InChI is InChI=1S/C18H16N2O5/c1-23-12-6-4-5-10-15-13(24-2)9-19-17(18(15)20-16(10)12)11(21)7-8-14(22)25-3/h4-9,20H,1-3H3/b8-7+. The summed E-state index contributed by atoms with van der Waals surface area (Å²) >= 11 is 0. The Morgan fingerprint density at radius 3 is 2.48 bits per heavy atom. The summed E-state index contributed by atoms with van der Waals surface area (Å²) in [5, 5.41) is 1.57. The number of fused-ring (bicyclic) bond motifs is 3. The number of hydrogen-bond acceptors (Lipinski definition) is 6. The first-order chi connectivity index (χ1) is 12.1. The number of benzene rings is 1. The van der Waals surface area contributed by atoms with Gasteiger partial charge in [0.05, 0.1) is 43.9 Å². The Balaban J connectivity index is 2.26. The van der Waals surface area contributed by atoms with Crippen LogP contribution in [0.1, 0.15) is 10.5 Å². The Hall–Kier alpha value is -3.35. The lowest BCUT2D eigenvalue weighted by Crippen LogP contribution is -2.03. The number of allylic oxidation sites excluding steroid dienone is 1. The predicted octanol–water partition coefficient (Wildman–Crippen LogP) is 2.65. The summed E-state index contributed by atoms with van der Waals surface area (Å²) in [6.07, 6.45) is 3.67. The number of aromatic nitrogens is 2. The number of hydrogen-bond donors (Lipinski definition) is 1. The van der Waals surface area contributed by atoms with Gasteiger partial charge in [0, 0.05) is 11.5 Å². The zero-order chi connectivity index (χ0) is 18.0. The molecular weight excluding hydrogens is 324 g/mol. The normalized spacial score (nSPS) is 11.2. The Morgan fingerprint density at radius 1 is 1.04 bits per heavy atom. The lowest BCUT2D eigenvalue weighted by atomic mass is 10.1. The SMILES string of the molecule is COC(=O)/C=C/C(=O)c1ncc(OC)c2c1[nH]c1c(OC)cccc12. The Kier molecular flexibility index (Phi) is 4.38. The van der Waals surface area contributed by atoms with Crippen molar-refractivity contribution in [2.45, 2.75) is 0 Å². The van der Waals surface area contributed by atoms with Gasteiger partial charge in [-0.3, -0.25) is 4.79 Å². The highest BCUT2D eigenvalue weighted by Gasteiger charge is 2.19. The fraction of sp³-hybridized carbons (Fsp3) is 0.167. The van der Waals surface area contributed by atoms with Crippen molar-refractivity contribution in [2.75, 3.05) is 21.3 Å². The van der Waals surface area contributed by atoms with Crippen molar-refractivity contribution >= 4 is 33.6 Å². The zero-order valence-corrected chi connectivity index (χ0v) is 14.0. The second kappa shape index (κ2) is 6.64. The number of nitrogens with one attached hydrogen (secondary N) is 1. The first-order valence-corrected chi connectivity index (χ1v) is 7.42. The number of methoxy groups -OCH3 is 3. The van der Waals surface area contributed by atoms with Gasteiger partial charge in [0.15, 0.2) is 0 Å². The topological polar surface area (TPSA) is 90.5 Å². The van der Waals surface area contributed by atoms with Crippen molar-refractivity contribution in [3.8, 4) is 11.5 Å². The second-order valence-corrected chi connectivity index (χ2v) is 5.15. The number of carbonyl (C=O) groups is 2. The Labute approximate surface area is 143 Å². The molecule has 0 bridgehead atoms. The second-order valence-electron chi connectivity index (χ2n) is 5.15. The maximum Gasteiger partial charge on any atom is 0.330 e. The number of pyridine rings is 1. The lowest BCUT2D eigenvalue weighted by molar-refractivity contribution is -0.134. The molecule has 0 spiro atoms. The number of aromatic amines is 1. The van der Waals surface area contributed by atoms with E-state index in [0.29, 0.717) is 17.0 Å². The van der Waals surface area contributed by atoms with E-state index in [0.717, 1.165) is 28.4 Å². The van der Waals surface area contributed by atoms with Crippen LogP contribution < -0.4 is 9.47 Å². The van der Waals surface area contributed by atoms with Gasteiger partial charge in [-0.2, -0.15) is 0 Å². The number of ether oxygens (including phenoxy) is 3. The number of carbonyl (C=O) groups excluding carboxylic acids is 2. The number of rotatable bonds is 5. The van der Waals surface area contributed by atoms with Crippen LogP contribution in [0.25, 0.3) is 21.8 Å². The van der Waals surface area contributed by atoms with Crippen LogP contribution in [0, 0.1) is 0 Å². The quantitative estimate of drug-likeness (QED) is 0.436. The average Bonchev–Trinajstić information content (AvgIpc) is 3.04. The Bertz CT molecular complexity index is 1000. The van der Waals surface area contributed by atoms with Crippen molar-refractivity contribution in [2.24, 2.45) is 0 Å². The van der Waals surface area contributed by atoms with Gasteiger partial charge in [0.25, 0.3) is 0 Å². The summed E-state index contributed by atoms with van der Waals surface area (Å²) in [4.78, 5) is 31.0. The maximum atomic E-state index is 12.5. The molecule has 0 saturated carbocycles. The van der Waals surface area contributed by atoms with Crippen molar-refractivity contribution in [1.29, 1.82) is 0 Å². The van der Waals surface area contributed by atoms with Gasteiger partial charge in [-0.05, 0) is 12.1 Å². The fourth-order valence-electron chi connectivity index (χ4n) is 2.68. The van der Waals surface area contributed by atoms with Gasteiger partial charge in [-0.25, -0.2) is 9.78 Å². The van der Waals surface area contributed by atoms with Gasteiger partial charge >= 0.3 is 5.97 Å². The minimum absolute atomic E-state index is 0.175. The van der Waals surface area contributed by atoms with Crippen LogP contribution in [0.3, 0.4) is 0 Å². The van der Waals surface area contributed by atoms with Crippen LogP contribution >= 0.6 is 0 Å². The maximum absolute atomic E-state index is 12.5. The third-order valence-electron chi connectivity index (χ3n) is 3.83.